The van der Waals surface area contributed by atoms with Crippen molar-refractivity contribution in [1.29, 1.82) is 0 Å². The van der Waals surface area contributed by atoms with Crippen LogP contribution in [0.2, 0.25) is 0 Å². The van der Waals surface area contributed by atoms with Crippen LogP contribution in [0.5, 0.6) is 0 Å². The number of rotatable bonds is 15. The van der Waals surface area contributed by atoms with Gasteiger partial charge in [0.15, 0.2) is 0 Å². The molecule has 0 atom stereocenters. The van der Waals surface area contributed by atoms with E-state index in [0.717, 1.165) is 31.6 Å². The predicted molar refractivity (Wildman–Crippen MR) is 103 cm³/mol. The molecule has 1 aromatic heterocycles. The van der Waals surface area contributed by atoms with Gasteiger partial charge in [0, 0.05) is 19.3 Å². The van der Waals surface area contributed by atoms with Gasteiger partial charge in [-0.2, -0.15) is 0 Å². The van der Waals surface area contributed by atoms with Gasteiger partial charge < -0.3 is 9.88 Å². The molecule has 3 heteroatoms. The highest BCUT2D eigenvalue weighted by Gasteiger charge is 2.15. The van der Waals surface area contributed by atoms with Gasteiger partial charge in [0.2, 0.25) is 0 Å². The molecule has 0 fully saturated rings. The third-order valence-corrected chi connectivity index (χ3v) is 4.68. The van der Waals surface area contributed by atoms with Crippen molar-refractivity contribution in [3.05, 3.63) is 24.0 Å². The Balaban J connectivity index is 2.31. The number of nitrogens with one attached hydrogen (secondary N) is 1. The zero-order valence-electron chi connectivity index (χ0n) is 16.0. The number of carbonyl (C=O) groups is 1. The average Bonchev–Trinajstić information content (AvgIpc) is 3.13. The number of carbonyl (C=O) groups excluding carboxylic acids is 1. The van der Waals surface area contributed by atoms with Crippen LogP contribution in [-0.2, 0) is 0 Å². The number of hydrogen-bond acceptors (Lipinski definition) is 1. The molecule has 0 aliphatic rings. The first-order valence-electron chi connectivity index (χ1n) is 10.2. The lowest BCUT2D eigenvalue weighted by molar-refractivity contribution is 0.0744. The molecule has 0 spiro atoms. The maximum absolute atomic E-state index is 12.6. The van der Waals surface area contributed by atoms with Crippen LogP contribution in [0.4, 0.5) is 0 Å². The summed E-state index contributed by atoms with van der Waals surface area (Å²) in [6.07, 6.45) is 17.1. The molecule has 0 saturated heterocycles. The van der Waals surface area contributed by atoms with E-state index in [9.17, 15) is 4.79 Å². The monoisotopic (exact) mass is 334 g/mol. The fraction of sp³-hybridized carbons (Fsp3) is 0.762. The fourth-order valence-corrected chi connectivity index (χ4v) is 3.11. The second kappa shape index (κ2) is 14.1. The highest BCUT2D eigenvalue weighted by molar-refractivity contribution is 5.92. The first-order chi connectivity index (χ1) is 11.8. The molecular formula is C21H38N2O. The summed E-state index contributed by atoms with van der Waals surface area (Å²) in [6.45, 7) is 6.30. The Morgan fingerprint density at radius 1 is 0.833 bits per heavy atom. The molecule has 1 N–H and O–H groups in total. The van der Waals surface area contributed by atoms with Crippen LogP contribution >= 0.6 is 0 Å². The summed E-state index contributed by atoms with van der Waals surface area (Å²) < 4.78 is 0. The van der Waals surface area contributed by atoms with Crippen LogP contribution in [0, 0.1) is 0 Å². The molecule has 0 radical (unpaired) electrons. The highest BCUT2D eigenvalue weighted by atomic mass is 16.2. The molecule has 0 unspecified atom stereocenters. The number of aromatic nitrogens is 1. The minimum Gasteiger partial charge on any atom is -0.357 e. The van der Waals surface area contributed by atoms with E-state index in [2.05, 4.69) is 23.7 Å². The third kappa shape index (κ3) is 9.14. The van der Waals surface area contributed by atoms with E-state index in [0.29, 0.717) is 0 Å². The molecule has 24 heavy (non-hydrogen) atoms. The summed E-state index contributed by atoms with van der Waals surface area (Å²) >= 11 is 0. The molecule has 0 aromatic carbocycles. The van der Waals surface area contributed by atoms with Gasteiger partial charge in [0.25, 0.3) is 5.91 Å². The van der Waals surface area contributed by atoms with Gasteiger partial charge in [-0.25, -0.2) is 0 Å². The molecule has 3 nitrogen and oxygen atoms in total. The summed E-state index contributed by atoms with van der Waals surface area (Å²) in [5, 5.41) is 0. The zero-order valence-corrected chi connectivity index (χ0v) is 16.0. The molecule has 0 aliphatic carbocycles. The first-order valence-corrected chi connectivity index (χ1v) is 10.2. The van der Waals surface area contributed by atoms with Crippen LogP contribution in [0.15, 0.2) is 18.3 Å². The Labute approximate surface area is 149 Å². The summed E-state index contributed by atoms with van der Waals surface area (Å²) in [6, 6.07) is 3.79. The van der Waals surface area contributed by atoms with Crippen molar-refractivity contribution in [2.75, 3.05) is 13.1 Å². The number of H-pyrrole nitrogens is 1. The van der Waals surface area contributed by atoms with Crippen molar-refractivity contribution < 1.29 is 4.79 Å². The number of aromatic amines is 1. The van der Waals surface area contributed by atoms with Crippen LogP contribution in [0.3, 0.4) is 0 Å². The second-order valence-corrected chi connectivity index (χ2v) is 6.91. The van der Waals surface area contributed by atoms with E-state index < -0.39 is 0 Å². The molecule has 0 aliphatic heterocycles. The lowest BCUT2D eigenvalue weighted by atomic mass is 10.1. The second-order valence-electron chi connectivity index (χ2n) is 6.91. The Bertz CT molecular complexity index is 384. The van der Waals surface area contributed by atoms with E-state index >= 15 is 0 Å². The molecule has 0 bridgehead atoms. The quantitative estimate of drug-likeness (QED) is 0.382. The van der Waals surface area contributed by atoms with Crippen LogP contribution in [0.25, 0.3) is 0 Å². The van der Waals surface area contributed by atoms with Crippen molar-refractivity contribution in [2.24, 2.45) is 0 Å². The summed E-state index contributed by atoms with van der Waals surface area (Å²) in [5.74, 6) is 0.169. The van der Waals surface area contributed by atoms with E-state index in [4.69, 9.17) is 0 Å². The van der Waals surface area contributed by atoms with Gasteiger partial charge in [-0.15, -0.1) is 0 Å². The van der Waals surface area contributed by atoms with Crippen LogP contribution in [0.1, 0.15) is 101 Å². The SMILES string of the molecule is CCCCCCCCN(CCCCCCCC)C(=O)c1ccc[nH]1. The first kappa shape index (κ1) is 20.8. The van der Waals surface area contributed by atoms with E-state index in [1.807, 2.05) is 18.3 Å². The molecule has 1 rings (SSSR count). The van der Waals surface area contributed by atoms with Crippen molar-refractivity contribution in [1.82, 2.24) is 9.88 Å². The number of nitrogens with zero attached hydrogens (tertiary/aromatic N) is 1. The summed E-state index contributed by atoms with van der Waals surface area (Å²) in [5.41, 5.74) is 0.729. The normalized spacial score (nSPS) is 10.9. The maximum atomic E-state index is 12.6. The molecule has 1 aromatic rings. The van der Waals surface area contributed by atoms with Gasteiger partial charge in [-0.05, 0) is 25.0 Å². The number of hydrogen-bond donors (Lipinski definition) is 1. The summed E-state index contributed by atoms with van der Waals surface area (Å²) in [7, 11) is 0. The van der Waals surface area contributed by atoms with E-state index in [1.165, 1.54) is 64.2 Å². The average molecular weight is 335 g/mol. The van der Waals surface area contributed by atoms with Gasteiger partial charge in [0.05, 0.1) is 0 Å². The standard InChI is InChI=1S/C21H38N2O/c1-3-5-7-9-11-13-18-23(19-14-12-10-8-6-4-2)21(24)20-16-15-17-22-20/h15-17,22H,3-14,18-19H2,1-2H3. The Morgan fingerprint density at radius 2 is 1.33 bits per heavy atom. The van der Waals surface area contributed by atoms with Gasteiger partial charge in [-0.3, -0.25) is 4.79 Å². The molecule has 1 amide bonds. The Kier molecular flexibility index (Phi) is 12.2. The van der Waals surface area contributed by atoms with E-state index in [1.54, 1.807) is 0 Å². The van der Waals surface area contributed by atoms with Crippen molar-refractivity contribution in [3.8, 4) is 0 Å². The Hall–Kier alpha value is -1.25. The minimum absolute atomic E-state index is 0.169. The van der Waals surface area contributed by atoms with Crippen LogP contribution < -0.4 is 0 Å². The third-order valence-electron chi connectivity index (χ3n) is 4.68. The van der Waals surface area contributed by atoms with Gasteiger partial charge >= 0.3 is 0 Å². The Morgan fingerprint density at radius 3 is 1.79 bits per heavy atom. The molecular weight excluding hydrogens is 296 g/mol. The number of amides is 1. The number of unbranched alkanes of at least 4 members (excludes halogenated alkanes) is 10. The largest absolute Gasteiger partial charge is 0.357 e. The fourth-order valence-electron chi connectivity index (χ4n) is 3.11. The van der Waals surface area contributed by atoms with E-state index in [-0.39, 0.29) is 5.91 Å². The lowest BCUT2D eigenvalue weighted by Crippen LogP contribution is -2.33. The zero-order chi connectivity index (χ0) is 17.5. The van der Waals surface area contributed by atoms with Crippen molar-refractivity contribution >= 4 is 5.91 Å². The highest BCUT2D eigenvalue weighted by Crippen LogP contribution is 2.11. The summed E-state index contributed by atoms with van der Waals surface area (Å²) in [4.78, 5) is 17.8. The molecule has 0 saturated carbocycles. The topological polar surface area (TPSA) is 36.1 Å². The minimum atomic E-state index is 0.169. The van der Waals surface area contributed by atoms with Crippen molar-refractivity contribution in [3.63, 3.8) is 0 Å². The smallest absolute Gasteiger partial charge is 0.270 e. The molecule has 1 heterocycles. The van der Waals surface area contributed by atoms with Gasteiger partial charge in [0.1, 0.15) is 5.69 Å². The lowest BCUT2D eigenvalue weighted by Gasteiger charge is -2.22. The molecule has 138 valence electrons. The predicted octanol–water partition coefficient (Wildman–Crippen LogP) is 6.18. The van der Waals surface area contributed by atoms with Crippen LogP contribution in [-0.4, -0.2) is 28.9 Å². The van der Waals surface area contributed by atoms with Crippen molar-refractivity contribution in [2.45, 2.75) is 90.9 Å². The maximum Gasteiger partial charge on any atom is 0.270 e. The van der Waals surface area contributed by atoms with Gasteiger partial charge in [-0.1, -0.05) is 78.1 Å².